The molecule has 0 bridgehead atoms. The van der Waals surface area contributed by atoms with Gasteiger partial charge >= 0.3 is 0 Å². The van der Waals surface area contributed by atoms with Gasteiger partial charge < -0.3 is 10.6 Å². The van der Waals surface area contributed by atoms with Gasteiger partial charge in [0.15, 0.2) is 0 Å². The first-order valence-corrected chi connectivity index (χ1v) is 8.77. The Morgan fingerprint density at radius 1 is 0.957 bits per heavy atom. The lowest BCUT2D eigenvalue weighted by molar-refractivity contribution is -0.124. The van der Waals surface area contributed by atoms with Gasteiger partial charge in [-0.3, -0.25) is 9.59 Å². The Hall–Kier alpha value is -1.26. The molecule has 0 aliphatic carbocycles. The summed E-state index contributed by atoms with van der Waals surface area (Å²) in [7, 11) is 0. The highest BCUT2D eigenvalue weighted by molar-refractivity contribution is 6.42. The van der Waals surface area contributed by atoms with Crippen molar-refractivity contribution >= 4 is 35.0 Å². The van der Waals surface area contributed by atoms with E-state index in [0.29, 0.717) is 28.5 Å². The lowest BCUT2D eigenvalue weighted by Crippen LogP contribution is -2.41. The molecular weight excluding hydrogens is 335 g/mol. The standard InChI is InChI=1S/C17H24Cl2N2O2/c1-3-5-7-15(22)20-17(21-16(23)8-6-4-2)12-9-10-13(18)14(19)11-12/h9-11,17H,3-8H2,1-2H3,(H,20,22)(H,21,23). The fraction of sp³-hybridized carbons (Fsp3) is 0.529. The second-order valence-electron chi connectivity index (χ2n) is 5.45. The van der Waals surface area contributed by atoms with E-state index < -0.39 is 6.17 Å². The van der Waals surface area contributed by atoms with E-state index >= 15 is 0 Å². The Bertz CT molecular complexity index is 513. The summed E-state index contributed by atoms with van der Waals surface area (Å²) in [5.41, 5.74) is 0.703. The number of halogens is 2. The van der Waals surface area contributed by atoms with E-state index in [4.69, 9.17) is 23.2 Å². The maximum absolute atomic E-state index is 12.0. The highest BCUT2D eigenvalue weighted by Crippen LogP contribution is 2.25. The summed E-state index contributed by atoms with van der Waals surface area (Å²) in [5, 5.41) is 6.52. The molecule has 4 nitrogen and oxygen atoms in total. The van der Waals surface area contributed by atoms with Crippen molar-refractivity contribution in [3.63, 3.8) is 0 Å². The number of amides is 2. The number of hydrogen-bond acceptors (Lipinski definition) is 2. The average Bonchev–Trinajstić information content (AvgIpc) is 2.53. The van der Waals surface area contributed by atoms with Crippen molar-refractivity contribution in [2.75, 3.05) is 0 Å². The third-order valence-electron chi connectivity index (χ3n) is 3.40. The van der Waals surface area contributed by atoms with Crippen LogP contribution in [0.3, 0.4) is 0 Å². The minimum Gasteiger partial charge on any atom is -0.332 e. The van der Waals surface area contributed by atoms with Crippen LogP contribution in [0.5, 0.6) is 0 Å². The molecule has 0 saturated heterocycles. The summed E-state index contributed by atoms with van der Waals surface area (Å²) in [5.74, 6) is -0.197. The molecule has 1 aromatic rings. The molecule has 0 aliphatic rings. The van der Waals surface area contributed by atoms with Crippen LogP contribution in [0.25, 0.3) is 0 Å². The molecule has 2 amide bonds. The maximum atomic E-state index is 12.0. The zero-order chi connectivity index (χ0) is 17.2. The molecule has 1 aromatic carbocycles. The largest absolute Gasteiger partial charge is 0.332 e. The summed E-state index contributed by atoms with van der Waals surface area (Å²) < 4.78 is 0. The molecule has 23 heavy (non-hydrogen) atoms. The fourth-order valence-corrected chi connectivity index (χ4v) is 2.34. The Morgan fingerprint density at radius 3 is 1.91 bits per heavy atom. The molecular formula is C17H24Cl2N2O2. The fourth-order valence-electron chi connectivity index (χ4n) is 2.04. The van der Waals surface area contributed by atoms with Crippen molar-refractivity contribution in [2.24, 2.45) is 0 Å². The molecule has 0 unspecified atom stereocenters. The second kappa shape index (κ2) is 10.5. The van der Waals surface area contributed by atoms with Gasteiger partial charge in [0.25, 0.3) is 0 Å². The summed E-state index contributed by atoms with van der Waals surface area (Å²) >= 11 is 12.0. The Kier molecular flexibility index (Phi) is 9.03. The SMILES string of the molecule is CCCCC(=O)NC(NC(=O)CCCC)c1ccc(Cl)c(Cl)c1. The number of carbonyl (C=O) groups excluding carboxylic acids is 2. The van der Waals surface area contributed by atoms with E-state index in [1.807, 2.05) is 13.8 Å². The van der Waals surface area contributed by atoms with Crippen LogP contribution in [0, 0.1) is 0 Å². The van der Waals surface area contributed by atoms with E-state index in [2.05, 4.69) is 10.6 Å². The van der Waals surface area contributed by atoms with E-state index in [0.717, 1.165) is 25.7 Å². The lowest BCUT2D eigenvalue weighted by atomic mass is 10.1. The van der Waals surface area contributed by atoms with Gasteiger partial charge in [0.2, 0.25) is 11.8 Å². The van der Waals surface area contributed by atoms with Crippen LogP contribution in [0.4, 0.5) is 0 Å². The number of benzene rings is 1. The molecule has 0 aliphatic heterocycles. The molecule has 0 heterocycles. The van der Waals surface area contributed by atoms with E-state index in [1.54, 1.807) is 18.2 Å². The van der Waals surface area contributed by atoms with Crippen molar-refractivity contribution in [2.45, 2.75) is 58.5 Å². The summed E-state index contributed by atoms with van der Waals surface area (Å²) in [6, 6.07) is 5.07. The molecule has 0 atom stereocenters. The van der Waals surface area contributed by atoms with Crippen molar-refractivity contribution in [3.05, 3.63) is 33.8 Å². The van der Waals surface area contributed by atoms with Crippen molar-refractivity contribution in [3.8, 4) is 0 Å². The highest BCUT2D eigenvalue weighted by Gasteiger charge is 2.17. The molecule has 0 radical (unpaired) electrons. The van der Waals surface area contributed by atoms with Crippen LogP contribution in [-0.4, -0.2) is 11.8 Å². The number of rotatable bonds is 9. The Balaban J connectivity index is 2.84. The normalized spacial score (nSPS) is 10.7. The van der Waals surface area contributed by atoms with E-state index in [-0.39, 0.29) is 11.8 Å². The van der Waals surface area contributed by atoms with Crippen molar-refractivity contribution in [1.82, 2.24) is 10.6 Å². The Morgan fingerprint density at radius 2 is 1.48 bits per heavy atom. The van der Waals surface area contributed by atoms with E-state index in [9.17, 15) is 9.59 Å². The van der Waals surface area contributed by atoms with Crippen LogP contribution in [0.1, 0.15) is 64.1 Å². The molecule has 1 rings (SSSR count). The lowest BCUT2D eigenvalue weighted by Gasteiger charge is -2.21. The zero-order valence-electron chi connectivity index (χ0n) is 13.6. The zero-order valence-corrected chi connectivity index (χ0v) is 15.1. The van der Waals surface area contributed by atoms with Crippen LogP contribution in [0.2, 0.25) is 10.0 Å². The van der Waals surface area contributed by atoms with Crippen LogP contribution in [-0.2, 0) is 9.59 Å². The predicted molar refractivity (Wildman–Crippen MR) is 94.5 cm³/mol. The van der Waals surface area contributed by atoms with Gasteiger partial charge in [-0.05, 0) is 30.5 Å². The summed E-state index contributed by atoms with van der Waals surface area (Å²) in [4.78, 5) is 24.0. The number of unbranched alkanes of at least 4 members (excludes halogenated alkanes) is 2. The first kappa shape index (κ1) is 19.8. The van der Waals surface area contributed by atoms with Crippen molar-refractivity contribution in [1.29, 1.82) is 0 Å². The summed E-state index contributed by atoms with van der Waals surface area (Å²) in [6.45, 7) is 4.05. The number of carbonyl (C=O) groups is 2. The highest BCUT2D eigenvalue weighted by atomic mass is 35.5. The average molecular weight is 359 g/mol. The predicted octanol–water partition coefficient (Wildman–Crippen LogP) is 4.60. The topological polar surface area (TPSA) is 58.2 Å². The first-order chi connectivity index (χ1) is 11.0. The molecule has 0 aromatic heterocycles. The quantitative estimate of drug-likeness (QED) is 0.633. The monoisotopic (exact) mass is 358 g/mol. The summed E-state index contributed by atoms with van der Waals surface area (Å²) in [6.07, 6.45) is 3.76. The molecule has 0 fully saturated rings. The second-order valence-corrected chi connectivity index (χ2v) is 6.26. The number of hydrogen-bond donors (Lipinski definition) is 2. The smallest absolute Gasteiger partial charge is 0.221 e. The molecule has 0 saturated carbocycles. The van der Waals surface area contributed by atoms with E-state index in [1.165, 1.54) is 0 Å². The third-order valence-corrected chi connectivity index (χ3v) is 4.14. The van der Waals surface area contributed by atoms with Gasteiger partial charge in [0, 0.05) is 12.8 Å². The van der Waals surface area contributed by atoms with Gasteiger partial charge in [-0.2, -0.15) is 0 Å². The minimum absolute atomic E-state index is 0.0984. The molecule has 6 heteroatoms. The van der Waals surface area contributed by atoms with Crippen LogP contribution >= 0.6 is 23.2 Å². The van der Waals surface area contributed by atoms with Crippen LogP contribution < -0.4 is 10.6 Å². The Labute approximate surface area is 147 Å². The van der Waals surface area contributed by atoms with Gasteiger partial charge in [-0.1, -0.05) is 56.0 Å². The molecule has 128 valence electrons. The van der Waals surface area contributed by atoms with Gasteiger partial charge in [0.05, 0.1) is 10.0 Å². The van der Waals surface area contributed by atoms with Gasteiger partial charge in [0.1, 0.15) is 6.17 Å². The molecule has 2 N–H and O–H groups in total. The van der Waals surface area contributed by atoms with Crippen molar-refractivity contribution < 1.29 is 9.59 Å². The molecule has 0 spiro atoms. The first-order valence-electron chi connectivity index (χ1n) is 8.01. The van der Waals surface area contributed by atoms with Gasteiger partial charge in [-0.25, -0.2) is 0 Å². The van der Waals surface area contributed by atoms with Gasteiger partial charge in [-0.15, -0.1) is 0 Å². The third kappa shape index (κ3) is 7.23. The minimum atomic E-state index is -0.599. The maximum Gasteiger partial charge on any atom is 0.221 e. The van der Waals surface area contributed by atoms with Crippen LogP contribution in [0.15, 0.2) is 18.2 Å². The number of nitrogens with one attached hydrogen (secondary N) is 2.